The van der Waals surface area contributed by atoms with Crippen molar-refractivity contribution in [1.29, 1.82) is 0 Å². The second-order valence-corrected chi connectivity index (χ2v) is 10.3. The molecule has 0 spiro atoms. The van der Waals surface area contributed by atoms with Gasteiger partial charge in [-0.25, -0.2) is 13.4 Å². The highest BCUT2D eigenvalue weighted by atomic mass is 32.2. The van der Waals surface area contributed by atoms with E-state index in [0.717, 1.165) is 24.8 Å². The lowest BCUT2D eigenvalue weighted by molar-refractivity contribution is -0.118. The molecule has 3 aromatic rings. The van der Waals surface area contributed by atoms with Gasteiger partial charge in [0.05, 0.1) is 13.5 Å². The predicted molar refractivity (Wildman–Crippen MR) is 114 cm³/mol. The smallest absolute Gasteiger partial charge is 0.233 e. The van der Waals surface area contributed by atoms with Gasteiger partial charge in [0.2, 0.25) is 5.91 Å². The first-order valence-electron chi connectivity index (χ1n) is 9.37. The number of nitrogens with one attached hydrogen (secondary N) is 1. The van der Waals surface area contributed by atoms with Crippen LogP contribution in [0.25, 0.3) is 10.9 Å². The summed E-state index contributed by atoms with van der Waals surface area (Å²) in [5, 5.41) is 3.06. The Morgan fingerprint density at radius 2 is 2.14 bits per heavy atom. The zero-order chi connectivity index (χ0) is 20.8. The lowest BCUT2D eigenvalue weighted by atomic mass is 10.1. The number of fused-ring (bicyclic) bond motifs is 1. The molecule has 0 saturated heterocycles. The van der Waals surface area contributed by atoms with Gasteiger partial charge in [0.25, 0.3) is 0 Å². The van der Waals surface area contributed by atoms with E-state index in [1.54, 1.807) is 23.2 Å². The van der Waals surface area contributed by atoms with Crippen molar-refractivity contribution in [1.82, 2.24) is 9.97 Å². The molecule has 0 bridgehead atoms. The summed E-state index contributed by atoms with van der Waals surface area (Å²) in [4.78, 5) is 22.7. The summed E-state index contributed by atoms with van der Waals surface area (Å²) in [5.74, 6) is 0.708. The van der Waals surface area contributed by atoms with Gasteiger partial charge in [0.1, 0.15) is 10.6 Å². The van der Waals surface area contributed by atoms with E-state index in [4.69, 9.17) is 4.74 Å². The number of aryl methyl sites for hydroxylation is 1. The van der Waals surface area contributed by atoms with Crippen molar-refractivity contribution in [3.63, 3.8) is 0 Å². The highest BCUT2D eigenvalue weighted by Gasteiger charge is 2.30. The third-order valence-electron chi connectivity index (χ3n) is 5.21. The first kappa shape index (κ1) is 19.9. The van der Waals surface area contributed by atoms with Crippen LogP contribution >= 0.6 is 11.3 Å². The van der Waals surface area contributed by atoms with E-state index < -0.39 is 9.84 Å². The average molecular weight is 434 g/mol. The first-order chi connectivity index (χ1) is 13.8. The van der Waals surface area contributed by atoms with E-state index >= 15 is 0 Å². The van der Waals surface area contributed by atoms with E-state index in [0.29, 0.717) is 34.1 Å². The molecule has 0 atom stereocenters. The van der Waals surface area contributed by atoms with Crippen LogP contribution in [-0.4, -0.2) is 44.2 Å². The number of aromatic nitrogens is 2. The van der Waals surface area contributed by atoms with Crippen LogP contribution in [0.2, 0.25) is 0 Å². The van der Waals surface area contributed by atoms with Crippen LogP contribution in [0.4, 0.5) is 5.13 Å². The SMILES string of the molecule is COc1ccc2[nH]c(C)c(CC(=O)N(CC3CC3)c3nccs3)c2c1S(C)(=O)=O. The Kier molecular flexibility index (Phi) is 5.12. The van der Waals surface area contributed by atoms with E-state index in [2.05, 4.69) is 9.97 Å². The Labute approximate surface area is 173 Å². The van der Waals surface area contributed by atoms with Crippen LogP contribution in [-0.2, 0) is 21.1 Å². The van der Waals surface area contributed by atoms with Gasteiger partial charge < -0.3 is 9.72 Å². The molecule has 1 fully saturated rings. The fourth-order valence-electron chi connectivity index (χ4n) is 3.62. The van der Waals surface area contributed by atoms with Crippen LogP contribution in [0.1, 0.15) is 24.1 Å². The number of hydrogen-bond acceptors (Lipinski definition) is 6. The molecule has 1 aliphatic rings. The standard InChI is InChI=1S/C20H23N3O4S2/c1-12-14(10-17(24)23(11-13-4-5-13)20-21-8-9-28-20)18-15(22-12)6-7-16(27-2)19(18)29(3,25)26/h6-9,13,22H,4-5,10-11H2,1-3H3. The fourth-order valence-corrected chi connectivity index (χ4v) is 5.41. The van der Waals surface area contributed by atoms with Crippen LogP contribution in [0, 0.1) is 12.8 Å². The Balaban J connectivity index is 1.79. The molecule has 2 aromatic heterocycles. The number of thiazole rings is 1. The quantitative estimate of drug-likeness (QED) is 0.617. The Morgan fingerprint density at radius 1 is 1.38 bits per heavy atom. The minimum absolute atomic E-state index is 0.0851. The Morgan fingerprint density at radius 3 is 2.72 bits per heavy atom. The van der Waals surface area contributed by atoms with Crippen molar-refractivity contribution in [3.05, 3.63) is 35.0 Å². The molecule has 154 valence electrons. The summed E-state index contributed by atoms with van der Waals surface area (Å²) in [6.07, 6.45) is 5.19. The number of nitrogens with zero attached hydrogens (tertiary/aromatic N) is 2. The number of H-pyrrole nitrogens is 1. The number of carbonyl (C=O) groups excluding carboxylic acids is 1. The van der Waals surface area contributed by atoms with Gasteiger partial charge in [-0.05, 0) is 43.4 Å². The van der Waals surface area contributed by atoms with Crippen LogP contribution in [0.5, 0.6) is 5.75 Å². The van der Waals surface area contributed by atoms with Crippen LogP contribution in [0.3, 0.4) is 0 Å². The third-order valence-corrected chi connectivity index (χ3v) is 7.15. The summed E-state index contributed by atoms with van der Waals surface area (Å²) in [6, 6.07) is 3.42. The molecule has 4 rings (SSSR count). The van der Waals surface area contributed by atoms with E-state index in [-0.39, 0.29) is 23.0 Å². The fraction of sp³-hybridized carbons (Fsp3) is 0.400. The second kappa shape index (κ2) is 7.46. The van der Waals surface area contributed by atoms with Crippen molar-refractivity contribution >= 4 is 43.1 Å². The number of amides is 1. The Bertz CT molecular complexity index is 1160. The highest BCUT2D eigenvalue weighted by Crippen LogP contribution is 2.37. The van der Waals surface area contributed by atoms with Gasteiger partial charge in [-0.2, -0.15) is 0 Å². The number of benzene rings is 1. The summed E-state index contributed by atoms with van der Waals surface area (Å²) in [7, 11) is -2.13. The number of anilines is 1. The van der Waals surface area contributed by atoms with Gasteiger partial charge in [0.15, 0.2) is 15.0 Å². The van der Waals surface area contributed by atoms with E-state index in [1.807, 2.05) is 12.3 Å². The monoisotopic (exact) mass is 433 g/mol. The highest BCUT2D eigenvalue weighted by molar-refractivity contribution is 7.91. The predicted octanol–water partition coefficient (Wildman–Crippen LogP) is 3.33. The van der Waals surface area contributed by atoms with Gasteiger partial charge in [0, 0.05) is 41.0 Å². The van der Waals surface area contributed by atoms with Crippen LogP contribution < -0.4 is 9.64 Å². The lowest BCUT2D eigenvalue weighted by Gasteiger charge is -2.20. The molecule has 1 amide bonds. The molecule has 2 heterocycles. The molecular weight excluding hydrogens is 410 g/mol. The van der Waals surface area contributed by atoms with Crippen molar-refractivity contribution in [3.8, 4) is 5.75 Å². The summed E-state index contributed by atoms with van der Waals surface area (Å²) in [6.45, 7) is 2.51. The molecule has 1 aliphatic carbocycles. The number of sulfone groups is 1. The molecule has 1 N–H and O–H groups in total. The summed E-state index contributed by atoms with van der Waals surface area (Å²) in [5.41, 5.74) is 2.13. The zero-order valence-corrected chi connectivity index (χ0v) is 18.2. The van der Waals surface area contributed by atoms with Crippen LogP contribution in [0.15, 0.2) is 28.6 Å². The maximum Gasteiger partial charge on any atom is 0.233 e. The maximum absolute atomic E-state index is 13.3. The molecule has 7 nitrogen and oxygen atoms in total. The average Bonchev–Trinajstić information content (AvgIpc) is 3.22. The van der Waals surface area contributed by atoms with Crippen molar-refractivity contribution in [2.45, 2.75) is 31.1 Å². The summed E-state index contributed by atoms with van der Waals surface area (Å²) >= 11 is 1.43. The minimum Gasteiger partial charge on any atom is -0.495 e. The molecule has 0 radical (unpaired) electrons. The molecular formula is C20H23N3O4S2. The van der Waals surface area contributed by atoms with Crippen molar-refractivity contribution in [2.24, 2.45) is 5.92 Å². The number of rotatable bonds is 7. The van der Waals surface area contributed by atoms with E-state index in [1.165, 1.54) is 18.4 Å². The van der Waals surface area contributed by atoms with Crippen molar-refractivity contribution < 1.29 is 17.9 Å². The number of carbonyl (C=O) groups is 1. The number of aromatic amines is 1. The molecule has 1 aromatic carbocycles. The van der Waals surface area contributed by atoms with Gasteiger partial charge in [-0.15, -0.1) is 11.3 Å². The zero-order valence-electron chi connectivity index (χ0n) is 16.6. The lowest BCUT2D eigenvalue weighted by Crippen LogP contribution is -2.34. The number of ether oxygens (including phenoxy) is 1. The summed E-state index contributed by atoms with van der Waals surface area (Å²) < 4.78 is 30.4. The van der Waals surface area contributed by atoms with Gasteiger partial charge in [-0.3, -0.25) is 9.69 Å². The maximum atomic E-state index is 13.3. The van der Waals surface area contributed by atoms with E-state index in [9.17, 15) is 13.2 Å². The van der Waals surface area contributed by atoms with Gasteiger partial charge in [-0.1, -0.05) is 0 Å². The number of methoxy groups -OCH3 is 1. The third kappa shape index (κ3) is 3.89. The van der Waals surface area contributed by atoms with Gasteiger partial charge >= 0.3 is 0 Å². The molecule has 0 aliphatic heterocycles. The normalized spacial score (nSPS) is 14.3. The largest absolute Gasteiger partial charge is 0.495 e. The number of hydrogen-bond donors (Lipinski definition) is 1. The molecule has 1 saturated carbocycles. The van der Waals surface area contributed by atoms with Crippen molar-refractivity contribution in [2.75, 3.05) is 24.8 Å². The molecule has 0 unspecified atom stereocenters. The topological polar surface area (TPSA) is 92.4 Å². The second-order valence-electron chi connectivity index (χ2n) is 7.46. The molecule has 29 heavy (non-hydrogen) atoms. The molecule has 9 heteroatoms. The first-order valence-corrected chi connectivity index (χ1v) is 12.1. The minimum atomic E-state index is -3.57. The Hall–Kier alpha value is -2.39.